The van der Waals surface area contributed by atoms with Crippen molar-refractivity contribution in [3.8, 4) is 33.4 Å². The molecule has 0 fully saturated rings. The van der Waals surface area contributed by atoms with Gasteiger partial charge < -0.3 is 53.3 Å². The van der Waals surface area contributed by atoms with Crippen LogP contribution in [0.1, 0.15) is 136 Å². The van der Waals surface area contributed by atoms with Gasteiger partial charge in [-0.25, -0.2) is 29.9 Å². The Morgan fingerprint density at radius 1 is 0.578 bits per heavy atom. The minimum absolute atomic E-state index is 0.151. The second kappa shape index (κ2) is 30.9. The molecular weight excluding hydrogens is 1060 g/mol. The van der Waals surface area contributed by atoms with Crippen LogP contribution in [0.2, 0.25) is 0 Å². The van der Waals surface area contributed by atoms with Crippen LogP contribution < -0.4 is 11.2 Å². The van der Waals surface area contributed by atoms with Crippen LogP contribution >= 0.6 is 0 Å². The lowest BCUT2D eigenvalue weighted by Gasteiger charge is -2.20. The van der Waals surface area contributed by atoms with Crippen LogP contribution in [-0.4, -0.2) is 113 Å². The summed E-state index contributed by atoms with van der Waals surface area (Å²) in [6, 6.07) is 11.0. The first-order valence-electron chi connectivity index (χ1n) is 27.3. The van der Waals surface area contributed by atoms with Crippen LogP contribution in [0.4, 0.5) is 0 Å². The molecule has 0 amide bonds. The van der Waals surface area contributed by atoms with E-state index in [1.807, 2.05) is 148 Å². The molecular formula is C62H80N12O9. The third kappa shape index (κ3) is 20.3. The lowest BCUT2D eigenvalue weighted by atomic mass is 10.0. The van der Waals surface area contributed by atoms with E-state index >= 15 is 0 Å². The highest BCUT2D eigenvalue weighted by atomic mass is 16.5. The number of aryl methyl sites for hydroxylation is 5. The van der Waals surface area contributed by atoms with Crippen LogP contribution in [0.25, 0.3) is 33.4 Å². The molecule has 0 saturated carbocycles. The van der Waals surface area contributed by atoms with E-state index in [0.29, 0.717) is 16.7 Å². The number of carbonyl (C=O) groups is 4. The van der Waals surface area contributed by atoms with Crippen molar-refractivity contribution in [2.75, 3.05) is 6.54 Å². The Kier molecular flexibility index (Phi) is 24.2. The fraction of sp³-hybridized carbons (Fsp3) is 0.371. The predicted molar refractivity (Wildman–Crippen MR) is 320 cm³/mol. The Balaban J connectivity index is 0.000000210. The SMILES string of the molecule is CC(=O)OCc1cocc2c(C=O)ccc1-2.CC(C)(C)/[N+]([O-])=C/c1cn(CCCn2ccnc2)cc2c(/C=[N+](\[O-])C(C)(C)C)ccc1-2.CC(C)(C)NO.NCCCn1ccnc1.O=Cc1cn(CCCn2ccnc2)cc2c(C=O)ccc1-2. The zero-order valence-corrected chi connectivity index (χ0v) is 49.3. The summed E-state index contributed by atoms with van der Waals surface area (Å²) in [6.45, 7) is 23.5. The van der Waals surface area contributed by atoms with Gasteiger partial charge in [-0.2, -0.15) is 0 Å². The number of nitrogens with one attached hydrogen (secondary N) is 1. The summed E-state index contributed by atoms with van der Waals surface area (Å²) >= 11 is 0. The average molecular weight is 1140 g/mol. The summed E-state index contributed by atoms with van der Waals surface area (Å²) in [4.78, 5) is 55.7. The van der Waals surface area contributed by atoms with Crippen LogP contribution in [0, 0.1) is 10.4 Å². The number of pyridine rings is 2. The summed E-state index contributed by atoms with van der Waals surface area (Å²) in [5, 5.41) is 33.3. The van der Waals surface area contributed by atoms with Crippen molar-refractivity contribution >= 4 is 37.3 Å². The van der Waals surface area contributed by atoms with E-state index in [0.717, 1.165) is 137 Å². The third-order valence-corrected chi connectivity index (χ3v) is 12.6. The number of hydrogen-bond donors (Lipinski definition) is 3. The molecule has 0 unspecified atom stereocenters. The molecule has 0 bridgehead atoms. The number of carbonyl (C=O) groups excluding carboxylic acids is 4. The van der Waals surface area contributed by atoms with E-state index in [4.69, 9.17) is 20.1 Å². The van der Waals surface area contributed by atoms with Crippen molar-refractivity contribution in [2.24, 2.45) is 5.73 Å². The second-order valence-electron chi connectivity index (χ2n) is 22.6. The summed E-state index contributed by atoms with van der Waals surface area (Å²) in [6.07, 6.45) is 36.0. The molecule has 3 aliphatic carbocycles. The van der Waals surface area contributed by atoms with E-state index in [1.165, 1.54) is 19.5 Å². The zero-order chi connectivity index (χ0) is 60.7. The Labute approximate surface area is 485 Å². The number of aromatic nitrogens is 8. The zero-order valence-electron chi connectivity index (χ0n) is 49.3. The maximum Gasteiger partial charge on any atom is 0.302 e. The summed E-state index contributed by atoms with van der Waals surface area (Å²) in [7, 11) is 0. The first-order chi connectivity index (χ1) is 39.5. The van der Waals surface area contributed by atoms with Gasteiger partial charge in [-0.3, -0.25) is 19.2 Å². The van der Waals surface area contributed by atoms with Gasteiger partial charge in [0.15, 0.2) is 42.4 Å². The number of hydroxylamine groups is 3. The molecule has 4 N–H and O–H groups in total. The Hall–Kier alpha value is -8.79. The normalized spacial score (nSPS) is 11.9. The Morgan fingerprint density at radius 3 is 1.42 bits per heavy atom. The van der Waals surface area contributed by atoms with Crippen molar-refractivity contribution in [3.63, 3.8) is 0 Å². The number of nitrogens with zero attached hydrogens (tertiary/aromatic N) is 10. The topological polar surface area (TPSA) is 264 Å². The van der Waals surface area contributed by atoms with Crippen molar-refractivity contribution in [2.45, 2.75) is 144 Å². The van der Waals surface area contributed by atoms with E-state index in [-0.39, 0.29) is 18.1 Å². The first-order valence-corrected chi connectivity index (χ1v) is 27.3. The molecule has 6 aliphatic rings. The molecule has 83 heavy (non-hydrogen) atoms. The summed E-state index contributed by atoms with van der Waals surface area (Å²) in [5.41, 5.74) is 15.7. The molecule has 3 aromatic heterocycles. The third-order valence-electron chi connectivity index (χ3n) is 12.6. The maximum absolute atomic E-state index is 12.7. The smallest absolute Gasteiger partial charge is 0.302 e. The Morgan fingerprint density at radius 2 is 0.988 bits per heavy atom. The van der Waals surface area contributed by atoms with Crippen LogP contribution in [0.15, 0.2) is 134 Å². The van der Waals surface area contributed by atoms with E-state index in [2.05, 4.69) is 31.2 Å². The van der Waals surface area contributed by atoms with E-state index in [9.17, 15) is 29.6 Å². The van der Waals surface area contributed by atoms with Gasteiger partial charge in [0.2, 0.25) is 0 Å². The van der Waals surface area contributed by atoms with Gasteiger partial charge in [-0.1, -0.05) is 30.3 Å². The molecule has 0 saturated heterocycles. The van der Waals surface area contributed by atoms with Crippen molar-refractivity contribution in [3.05, 3.63) is 174 Å². The number of aldehydes is 3. The largest absolute Gasteiger partial charge is 0.623 e. The lowest BCUT2D eigenvalue weighted by molar-refractivity contribution is -0.530. The average Bonchev–Trinajstić information content (AvgIpc) is 3.70. The fourth-order valence-electron chi connectivity index (χ4n) is 7.98. The monoisotopic (exact) mass is 1140 g/mol. The minimum atomic E-state index is -0.534. The number of ether oxygens (including phenoxy) is 1. The molecule has 0 spiro atoms. The molecule has 21 heteroatoms. The molecule has 0 aromatic carbocycles. The number of hydrogen-bond acceptors (Lipinski definition) is 14. The lowest BCUT2D eigenvalue weighted by Crippen LogP contribution is -2.32. The number of esters is 1. The van der Waals surface area contributed by atoms with Gasteiger partial charge in [-0.05, 0) is 69.3 Å². The van der Waals surface area contributed by atoms with Gasteiger partial charge in [0.05, 0.1) is 37.1 Å². The van der Waals surface area contributed by atoms with Crippen LogP contribution in [-0.2, 0) is 48.9 Å². The second-order valence-corrected chi connectivity index (χ2v) is 22.6. The number of fused-ring (bicyclic) bond motifs is 3. The summed E-state index contributed by atoms with van der Waals surface area (Å²) < 4.78 is 22.1. The van der Waals surface area contributed by atoms with Gasteiger partial charge in [0, 0.05) is 193 Å². The van der Waals surface area contributed by atoms with Crippen LogP contribution in [0.3, 0.4) is 0 Å². The molecule has 3 aromatic rings. The van der Waals surface area contributed by atoms with E-state index in [1.54, 1.807) is 55.8 Å². The Bertz CT molecular complexity index is 3340. The standard InChI is InChI=1S/C24H33N5O2.C16H15N3O2.C12H10O4.C6H11N3.C4H11NO/c1-23(2,3)28(30)15-19-8-9-21-20(16-29(31)24(4,5)6)14-27(17-22(19)21)12-7-11-26-13-10-25-18-26;20-10-13-2-3-15-14(11-21)8-19(9-16(13)15)6-1-5-18-7-4-17-12-18;1-8(14)16-6-10-5-15-7-12-9(4-13)2-3-11(10)12;7-2-1-4-9-5-3-8-6-9;1-4(2,3)5-6/h8-10,13-18H,7,11-12H2,1-6H3;2-4,7-12H,1,5-6H2;2-5,7H,6H2,1H3;3,5-6H,1-2,4,7H2;5-6H,1-3H3/b28-15-,29-16-;;;;. The maximum atomic E-state index is 12.7. The molecule has 21 nitrogen and oxygen atoms in total. The predicted octanol–water partition coefficient (Wildman–Crippen LogP) is 10.1. The quantitative estimate of drug-likeness (QED) is 0.0180. The molecule has 3 aliphatic heterocycles. The van der Waals surface area contributed by atoms with Crippen molar-refractivity contribution in [1.82, 2.24) is 43.3 Å². The molecule has 6 heterocycles. The number of rotatable bonds is 18. The number of nitrogens with two attached hydrogens (primary N) is 1. The fourth-order valence-corrected chi connectivity index (χ4v) is 7.98. The van der Waals surface area contributed by atoms with Gasteiger partial charge >= 0.3 is 5.97 Å². The highest BCUT2D eigenvalue weighted by molar-refractivity contribution is 5.98. The molecule has 9 rings (SSSR count). The highest BCUT2D eigenvalue weighted by Crippen LogP contribution is 2.33. The molecule has 0 radical (unpaired) electrons. The number of imidazole rings is 3. The summed E-state index contributed by atoms with van der Waals surface area (Å²) in [5.74, 6) is -0.348. The first kappa shape index (κ1) is 65.0. The highest BCUT2D eigenvalue weighted by Gasteiger charge is 2.24. The van der Waals surface area contributed by atoms with Crippen molar-refractivity contribution in [1.29, 1.82) is 0 Å². The molecule has 0 atom stereocenters. The van der Waals surface area contributed by atoms with Crippen molar-refractivity contribution < 1.29 is 43.0 Å². The van der Waals surface area contributed by atoms with Gasteiger partial charge in [0.25, 0.3) is 0 Å². The minimum Gasteiger partial charge on any atom is -0.623 e. The van der Waals surface area contributed by atoms with Gasteiger partial charge in [0.1, 0.15) is 6.61 Å². The van der Waals surface area contributed by atoms with Crippen LogP contribution in [0.5, 0.6) is 0 Å². The van der Waals surface area contributed by atoms with E-state index < -0.39 is 11.1 Å². The molecule has 442 valence electrons. The van der Waals surface area contributed by atoms with Gasteiger partial charge in [-0.15, -0.1) is 0 Å².